The van der Waals surface area contributed by atoms with Crippen LogP contribution in [-0.2, 0) is 21.0 Å². The highest BCUT2D eigenvalue weighted by Gasteiger charge is 2.48. The minimum atomic E-state index is -0.639. The molecule has 0 aliphatic carbocycles. The first-order valence-corrected chi connectivity index (χ1v) is 11.6. The Morgan fingerprint density at radius 2 is 1.94 bits per heavy atom. The zero-order valence-electron chi connectivity index (χ0n) is 20.6. The third kappa shape index (κ3) is 4.74. The van der Waals surface area contributed by atoms with Crippen LogP contribution < -0.4 is 5.32 Å². The van der Waals surface area contributed by atoms with Crippen LogP contribution in [-0.4, -0.2) is 38.7 Å². The summed E-state index contributed by atoms with van der Waals surface area (Å²) in [6, 6.07) is 3.93. The lowest BCUT2D eigenvalue weighted by atomic mass is 9.82. The first kappa shape index (κ1) is 24.0. The number of nitrogens with one attached hydrogen (secondary N) is 1. The Labute approximate surface area is 199 Å². The number of carbonyl (C=O) groups is 2. The van der Waals surface area contributed by atoms with Gasteiger partial charge in [-0.1, -0.05) is 0 Å². The van der Waals surface area contributed by atoms with Crippen molar-refractivity contribution in [2.75, 3.05) is 11.9 Å². The van der Waals surface area contributed by atoms with Gasteiger partial charge in [0, 0.05) is 36.1 Å². The van der Waals surface area contributed by atoms with Crippen molar-refractivity contribution < 1.29 is 23.5 Å². The minimum absolute atomic E-state index is 0.0348. The molecule has 9 heteroatoms. The molecule has 2 aliphatic heterocycles. The normalized spacial score (nSPS) is 22.0. The smallest absolute Gasteiger partial charge is 0.410 e. The van der Waals surface area contributed by atoms with Gasteiger partial charge in [-0.2, -0.15) is 0 Å². The van der Waals surface area contributed by atoms with E-state index in [4.69, 9.17) is 9.47 Å². The predicted molar refractivity (Wildman–Crippen MR) is 124 cm³/mol. The van der Waals surface area contributed by atoms with E-state index in [2.05, 4.69) is 10.3 Å². The lowest BCUT2D eigenvalue weighted by Crippen LogP contribution is -2.40. The maximum absolute atomic E-state index is 14.2. The summed E-state index contributed by atoms with van der Waals surface area (Å²) < 4.78 is 27.2. The Morgan fingerprint density at radius 3 is 2.62 bits per heavy atom. The predicted octanol–water partition coefficient (Wildman–Crippen LogP) is 5.03. The number of rotatable bonds is 3. The number of anilines is 1. The summed E-state index contributed by atoms with van der Waals surface area (Å²) in [5.74, 6) is -0.0391. The molecule has 184 valence electrons. The van der Waals surface area contributed by atoms with Crippen LogP contribution in [0.3, 0.4) is 0 Å². The van der Waals surface area contributed by atoms with Crippen LogP contribution in [0.5, 0.6) is 0 Å². The van der Waals surface area contributed by atoms with Crippen molar-refractivity contribution >= 4 is 17.7 Å². The van der Waals surface area contributed by atoms with Gasteiger partial charge in [-0.15, -0.1) is 0 Å². The van der Waals surface area contributed by atoms with Gasteiger partial charge in [-0.3, -0.25) is 9.36 Å². The summed E-state index contributed by atoms with van der Waals surface area (Å²) in [4.78, 5) is 31.6. The molecule has 2 aromatic rings. The van der Waals surface area contributed by atoms with Gasteiger partial charge in [0.25, 0.3) is 0 Å². The molecule has 8 nitrogen and oxygen atoms in total. The third-order valence-corrected chi connectivity index (χ3v) is 6.12. The average Bonchev–Trinajstić information content (AvgIpc) is 3.37. The lowest BCUT2D eigenvalue weighted by molar-refractivity contribution is -0.157. The molecule has 1 unspecified atom stereocenters. The van der Waals surface area contributed by atoms with Gasteiger partial charge >= 0.3 is 12.1 Å². The number of hydrogen-bond donors (Lipinski definition) is 1. The van der Waals surface area contributed by atoms with E-state index in [1.807, 2.05) is 20.8 Å². The fourth-order valence-corrected chi connectivity index (χ4v) is 4.58. The van der Waals surface area contributed by atoms with Crippen molar-refractivity contribution in [2.24, 2.45) is 11.3 Å². The van der Waals surface area contributed by atoms with Crippen molar-refractivity contribution in [3.8, 4) is 0 Å². The molecular weight excluding hydrogens is 439 g/mol. The molecule has 1 aromatic heterocycles. The molecule has 0 radical (unpaired) electrons. The second-order valence-electron chi connectivity index (χ2n) is 11.0. The number of esters is 1. The number of amides is 1. The maximum atomic E-state index is 14.2. The summed E-state index contributed by atoms with van der Waals surface area (Å²) in [5.41, 5.74) is 0.211. The Balaban J connectivity index is 1.66. The van der Waals surface area contributed by atoms with E-state index in [1.165, 1.54) is 12.1 Å². The molecule has 1 saturated heterocycles. The number of hydrogen-bond acceptors (Lipinski definition) is 6. The van der Waals surface area contributed by atoms with Gasteiger partial charge in [0.2, 0.25) is 0 Å². The molecule has 1 N–H and O–H groups in total. The second kappa shape index (κ2) is 8.60. The van der Waals surface area contributed by atoms with E-state index < -0.39 is 17.1 Å². The monoisotopic (exact) mass is 472 g/mol. The van der Waals surface area contributed by atoms with Crippen molar-refractivity contribution in [3.05, 3.63) is 47.8 Å². The molecule has 4 rings (SSSR count). The van der Waals surface area contributed by atoms with Crippen molar-refractivity contribution in [2.45, 2.75) is 72.4 Å². The molecule has 1 aromatic carbocycles. The second-order valence-corrected chi connectivity index (χ2v) is 11.0. The van der Waals surface area contributed by atoms with E-state index in [0.29, 0.717) is 18.8 Å². The van der Waals surface area contributed by atoms with Gasteiger partial charge in [0.15, 0.2) is 6.73 Å². The minimum Gasteiger partial charge on any atom is -0.444 e. The van der Waals surface area contributed by atoms with E-state index in [1.54, 1.807) is 48.7 Å². The zero-order chi connectivity index (χ0) is 24.8. The molecule has 0 saturated carbocycles. The fraction of sp³-hybridized carbons (Fsp3) is 0.560. The SMILES string of the molecule is CC(C)(C)OC(=O)N1CC[C@@H]2C(c3nccn3COC(=O)C(C)(C)C)Nc3ccc(F)cc3[C@@H]21. The Kier molecular flexibility index (Phi) is 6.08. The molecule has 3 atom stereocenters. The first-order valence-electron chi connectivity index (χ1n) is 11.6. The summed E-state index contributed by atoms with van der Waals surface area (Å²) in [5, 5.41) is 3.49. The standard InChI is InChI=1S/C25H33FN4O4/c1-24(2,3)22(31)33-14-29-12-10-27-21(29)19-16-9-11-30(23(32)34-25(4,5)6)20(16)17-13-15(26)7-8-18(17)28-19/h7-8,10,12-13,16,19-20,28H,9,11,14H2,1-6H3/t16-,19?,20-/m1/s1. The van der Waals surface area contributed by atoms with E-state index in [0.717, 1.165) is 11.3 Å². The molecule has 3 heterocycles. The number of imidazole rings is 1. The summed E-state index contributed by atoms with van der Waals surface area (Å²) in [6.07, 6.45) is 3.70. The van der Waals surface area contributed by atoms with Gasteiger partial charge in [0.05, 0.1) is 17.5 Å². The number of nitrogens with zero attached hydrogens (tertiary/aromatic N) is 3. The zero-order valence-corrected chi connectivity index (χ0v) is 20.6. The number of benzene rings is 1. The lowest BCUT2D eigenvalue weighted by Gasteiger charge is -2.39. The quantitative estimate of drug-likeness (QED) is 0.631. The number of halogens is 1. The van der Waals surface area contributed by atoms with E-state index in [-0.39, 0.29) is 36.5 Å². The van der Waals surface area contributed by atoms with Crippen LogP contribution in [0.25, 0.3) is 0 Å². The van der Waals surface area contributed by atoms with Crippen LogP contribution in [0.4, 0.5) is 14.9 Å². The van der Waals surface area contributed by atoms with Crippen molar-refractivity contribution in [1.82, 2.24) is 14.5 Å². The number of aromatic nitrogens is 2. The van der Waals surface area contributed by atoms with Gasteiger partial charge in [-0.05, 0) is 66.2 Å². The number of fused-ring (bicyclic) bond motifs is 3. The summed E-state index contributed by atoms with van der Waals surface area (Å²) >= 11 is 0. The highest BCUT2D eigenvalue weighted by molar-refractivity contribution is 5.75. The third-order valence-electron chi connectivity index (χ3n) is 6.12. The Morgan fingerprint density at radius 1 is 1.21 bits per heavy atom. The van der Waals surface area contributed by atoms with Gasteiger partial charge in [0.1, 0.15) is 17.2 Å². The topological polar surface area (TPSA) is 85.7 Å². The van der Waals surface area contributed by atoms with Gasteiger partial charge in [-0.25, -0.2) is 14.2 Å². The summed E-state index contributed by atoms with van der Waals surface area (Å²) in [7, 11) is 0. The Bertz CT molecular complexity index is 1090. The molecule has 0 spiro atoms. The van der Waals surface area contributed by atoms with Crippen LogP contribution >= 0.6 is 0 Å². The number of ether oxygens (including phenoxy) is 2. The fourth-order valence-electron chi connectivity index (χ4n) is 4.58. The molecule has 1 amide bonds. The average molecular weight is 473 g/mol. The van der Waals surface area contributed by atoms with Gasteiger partial charge < -0.3 is 19.7 Å². The van der Waals surface area contributed by atoms with Crippen molar-refractivity contribution in [3.63, 3.8) is 0 Å². The van der Waals surface area contributed by atoms with Crippen LogP contribution in [0.2, 0.25) is 0 Å². The van der Waals surface area contributed by atoms with Crippen molar-refractivity contribution in [1.29, 1.82) is 0 Å². The van der Waals surface area contributed by atoms with Crippen LogP contribution in [0.15, 0.2) is 30.6 Å². The highest BCUT2D eigenvalue weighted by Crippen LogP contribution is 2.51. The number of carbonyl (C=O) groups excluding carboxylic acids is 2. The van der Waals surface area contributed by atoms with Crippen LogP contribution in [0, 0.1) is 17.2 Å². The molecule has 1 fully saturated rings. The first-order chi connectivity index (χ1) is 15.8. The molecule has 34 heavy (non-hydrogen) atoms. The molecule has 2 aliphatic rings. The maximum Gasteiger partial charge on any atom is 0.410 e. The van der Waals surface area contributed by atoms with E-state index >= 15 is 0 Å². The Hall–Kier alpha value is -3.10. The highest BCUT2D eigenvalue weighted by atomic mass is 19.1. The summed E-state index contributed by atoms with van der Waals surface area (Å²) in [6.45, 7) is 11.4. The number of likely N-dealkylation sites (tertiary alicyclic amines) is 1. The largest absolute Gasteiger partial charge is 0.444 e. The van der Waals surface area contributed by atoms with Crippen LogP contribution in [0.1, 0.15) is 71.4 Å². The van der Waals surface area contributed by atoms with E-state index in [9.17, 15) is 14.0 Å². The molecule has 0 bridgehead atoms. The molecular formula is C25H33FN4O4.